The molecule has 3 heteroatoms. The summed E-state index contributed by atoms with van der Waals surface area (Å²) in [4.78, 5) is 14.5. The van der Waals surface area contributed by atoms with Crippen LogP contribution >= 0.6 is 0 Å². The Labute approximate surface area is 117 Å². The number of rotatable bonds is 0. The summed E-state index contributed by atoms with van der Waals surface area (Å²) in [5, 5.41) is 3.40. The summed E-state index contributed by atoms with van der Waals surface area (Å²) in [7, 11) is 0. The highest BCUT2D eigenvalue weighted by Crippen LogP contribution is 2.37. The fraction of sp³-hybridized carbons (Fsp3) is 0.118. The van der Waals surface area contributed by atoms with Crippen molar-refractivity contribution < 1.29 is 4.79 Å². The van der Waals surface area contributed by atoms with E-state index in [1.807, 2.05) is 41.3 Å². The lowest BCUT2D eigenvalue weighted by Gasteiger charge is -2.37. The number of nitrogens with zero attached hydrogens (tertiary/aromatic N) is 1. The highest BCUT2D eigenvalue weighted by molar-refractivity contribution is 6.04. The third kappa shape index (κ3) is 1.43. The van der Waals surface area contributed by atoms with Crippen LogP contribution in [-0.4, -0.2) is 10.8 Å². The first-order valence-corrected chi connectivity index (χ1v) is 6.73. The summed E-state index contributed by atoms with van der Waals surface area (Å²) in [5.41, 5.74) is 5.17. The van der Waals surface area contributed by atoms with Gasteiger partial charge in [0, 0.05) is 0 Å². The van der Waals surface area contributed by atoms with E-state index in [9.17, 15) is 4.79 Å². The minimum absolute atomic E-state index is 0.0724. The zero-order valence-electron chi connectivity index (χ0n) is 11.2. The lowest BCUT2D eigenvalue weighted by molar-refractivity contribution is 0.0790. The van der Waals surface area contributed by atoms with Crippen molar-refractivity contribution in [3.05, 3.63) is 71.0 Å². The molecule has 0 atom stereocenters. The summed E-state index contributed by atoms with van der Waals surface area (Å²) < 4.78 is 0. The van der Waals surface area contributed by atoms with Crippen molar-refractivity contribution in [1.82, 2.24) is 4.90 Å². The van der Waals surface area contributed by atoms with Crippen LogP contribution in [0.15, 0.2) is 54.4 Å². The average molecular weight is 262 g/mol. The predicted molar refractivity (Wildman–Crippen MR) is 79.0 cm³/mol. The molecule has 2 aliphatic rings. The molecule has 3 nitrogen and oxygen atoms in total. The number of nitrogens with one attached hydrogen (secondary N) is 1. The van der Waals surface area contributed by atoms with Gasteiger partial charge in [-0.2, -0.15) is 0 Å². The molecule has 2 aromatic carbocycles. The molecule has 4 rings (SSSR count). The first kappa shape index (κ1) is 11.3. The molecule has 0 bridgehead atoms. The Morgan fingerprint density at radius 2 is 1.70 bits per heavy atom. The Morgan fingerprint density at radius 3 is 2.55 bits per heavy atom. The third-order valence-corrected chi connectivity index (χ3v) is 4.03. The second-order valence-electron chi connectivity index (χ2n) is 5.19. The van der Waals surface area contributed by atoms with Gasteiger partial charge in [-0.1, -0.05) is 36.4 Å². The van der Waals surface area contributed by atoms with E-state index >= 15 is 0 Å². The average Bonchev–Trinajstić information content (AvgIpc) is 2.49. The van der Waals surface area contributed by atoms with Crippen LogP contribution < -0.4 is 5.32 Å². The first-order valence-electron chi connectivity index (χ1n) is 6.73. The van der Waals surface area contributed by atoms with Crippen molar-refractivity contribution in [2.45, 2.75) is 13.5 Å². The van der Waals surface area contributed by atoms with Gasteiger partial charge in [0.1, 0.15) is 5.82 Å². The topological polar surface area (TPSA) is 32.3 Å². The maximum Gasteiger partial charge on any atom is 0.261 e. The molecule has 0 saturated carbocycles. The van der Waals surface area contributed by atoms with E-state index in [4.69, 9.17) is 0 Å². The van der Waals surface area contributed by atoms with Gasteiger partial charge in [-0.15, -0.1) is 0 Å². The highest BCUT2D eigenvalue weighted by Gasteiger charge is 2.32. The molecule has 0 spiro atoms. The summed E-state index contributed by atoms with van der Waals surface area (Å²) in [6.45, 7) is 2.69. The number of allylic oxidation sites excluding steroid dienone is 1. The van der Waals surface area contributed by atoms with Gasteiger partial charge in [0.2, 0.25) is 0 Å². The second-order valence-corrected chi connectivity index (χ2v) is 5.19. The zero-order chi connectivity index (χ0) is 13.7. The van der Waals surface area contributed by atoms with E-state index in [2.05, 4.69) is 24.4 Å². The van der Waals surface area contributed by atoms with Crippen LogP contribution in [-0.2, 0) is 6.54 Å². The number of hydrogen-bond donors (Lipinski definition) is 1. The van der Waals surface area contributed by atoms with Crippen molar-refractivity contribution >= 4 is 17.2 Å². The van der Waals surface area contributed by atoms with E-state index < -0.39 is 0 Å². The lowest BCUT2D eigenvalue weighted by Crippen LogP contribution is -2.40. The Bertz CT molecular complexity index is 761. The van der Waals surface area contributed by atoms with E-state index in [0.717, 1.165) is 22.6 Å². The molecule has 20 heavy (non-hydrogen) atoms. The van der Waals surface area contributed by atoms with Crippen LogP contribution in [0.1, 0.15) is 28.4 Å². The van der Waals surface area contributed by atoms with Gasteiger partial charge in [-0.05, 0) is 35.8 Å². The standard InChI is InChI=1S/C17H14N2O/c1-11-13-7-3-2-6-12(13)10-19-16(11)18-15-9-5-4-8-14(15)17(19)20/h2-9,18H,10H2,1H3. The molecule has 98 valence electrons. The summed E-state index contributed by atoms with van der Waals surface area (Å²) in [5.74, 6) is 0.982. The summed E-state index contributed by atoms with van der Waals surface area (Å²) >= 11 is 0. The number of carbonyl (C=O) groups excluding carboxylic acids is 1. The largest absolute Gasteiger partial charge is 0.341 e. The van der Waals surface area contributed by atoms with Crippen molar-refractivity contribution in [2.24, 2.45) is 0 Å². The monoisotopic (exact) mass is 262 g/mol. The van der Waals surface area contributed by atoms with E-state index in [1.165, 1.54) is 11.1 Å². The summed E-state index contributed by atoms with van der Waals surface area (Å²) in [6.07, 6.45) is 0. The number of amides is 1. The molecular weight excluding hydrogens is 248 g/mol. The SMILES string of the molecule is CC1=C2Nc3ccccc3C(=O)N2Cc2ccccc21. The number of para-hydroxylation sites is 1. The van der Waals surface area contributed by atoms with Crippen molar-refractivity contribution in [3.8, 4) is 0 Å². The number of hydrogen-bond acceptors (Lipinski definition) is 2. The fourth-order valence-corrected chi connectivity index (χ4v) is 2.99. The van der Waals surface area contributed by atoms with Gasteiger partial charge < -0.3 is 5.32 Å². The molecule has 0 radical (unpaired) electrons. The molecule has 0 unspecified atom stereocenters. The van der Waals surface area contributed by atoms with Gasteiger partial charge in [0.15, 0.2) is 0 Å². The predicted octanol–water partition coefficient (Wildman–Crippen LogP) is 3.46. The number of benzene rings is 2. The molecule has 0 fully saturated rings. The maximum absolute atomic E-state index is 12.7. The minimum atomic E-state index is 0.0724. The zero-order valence-corrected chi connectivity index (χ0v) is 11.2. The fourth-order valence-electron chi connectivity index (χ4n) is 2.99. The number of anilines is 1. The third-order valence-electron chi connectivity index (χ3n) is 4.03. The van der Waals surface area contributed by atoms with Gasteiger partial charge in [-0.25, -0.2) is 0 Å². The summed E-state index contributed by atoms with van der Waals surface area (Å²) in [6, 6.07) is 15.9. The minimum Gasteiger partial charge on any atom is -0.341 e. The Balaban J connectivity index is 1.93. The van der Waals surface area contributed by atoms with Gasteiger partial charge in [0.05, 0.1) is 17.8 Å². The van der Waals surface area contributed by atoms with Gasteiger partial charge in [0.25, 0.3) is 5.91 Å². The Kier molecular flexibility index (Phi) is 2.24. The van der Waals surface area contributed by atoms with Crippen LogP contribution in [0.5, 0.6) is 0 Å². The molecule has 2 aliphatic heterocycles. The van der Waals surface area contributed by atoms with Gasteiger partial charge >= 0.3 is 0 Å². The first-order chi connectivity index (χ1) is 9.75. The molecule has 2 heterocycles. The van der Waals surface area contributed by atoms with Crippen molar-refractivity contribution in [2.75, 3.05) is 5.32 Å². The van der Waals surface area contributed by atoms with E-state index in [-0.39, 0.29) is 5.91 Å². The van der Waals surface area contributed by atoms with Crippen LogP contribution in [0.3, 0.4) is 0 Å². The molecule has 0 aromatic heterocycles. The quantitative estimate of drug-likeness (QED) is 0.788. The van der Waals surface area contributed by atoms with Crippen LogP contribution in [0.2, 0.25) is 0 Å². The van der Waals surface area contributed by atoms with E-state index in [0.29, 0.717) is 6.54 Å². The highest BCUT2D eigenvalue weighted by atomic mass is 16.2. The molecule has 1 N–H and O–H groups in total. The van der Waals surface area contributed by atoms with Gasteiger partial charge in [-0.3, -0.25) is 9.69 Å². The lowest BCUT2D eigenvalue weighted by atomic mass is 9.94. The number of fused-ring (bicyclic) bond motifs is 3. The molecule has 1 amide bonds. The van der Waals surface area contributed by atoms with Crippen LogP contribution in [0.25, 0.3) is 5.57 Å². The molecule has 0 saturated heterocycles. The smallest absolute Gasteiger partial charge is 0.261 e. The normalized spacial score (nSPS) is 16.2. The Hall–Kier alpha value is -2.55. The Morgan fingerprint density at radius 1 is 1.00 bits per heavy atom. The van der Waals surface area contributed by atoms with Crippen molar-refractivity contribution in [3.63, 3.8) is 0 Å². The maximum atomic E-state index is 12.7. The van der Waals surface area contributed by atoms with Crippen LogP contribution in [0.4, 0.5) is 5.69 Å². The molecule has 0 aliphatic carbocycles. The van der Waals surface area contributed by atoms with Crippen molar-refractivity contribution in [1.29, 1.82) is 0 Å². The second kappa shape index (κ2) is 3.97. The van der Waals surface area contributed by atoms with Crippen LogP contribution in [0, 0.1) is 0 Å². The molecular formula is C17H14N2O. The van der Waals surface area contributed by atoms with E-state index in [1.54, 1.807) is 0 Å². The number of carbonyl (C=O) groups is 1. The molecule has 2 aromatic rings.